The highest BCUT2D eigenvalue weighted by Gasteiger charge is 2.41. The van der Waals surface area contributed by atoms with Crippen molar-refractivity contribution in [3.05, 3.63) is 54.1 Å². The van der Waals surface area contributed by atoms with E-state index in [1.54, 1.807) is 12.5 Å². The predicted molar refractivity (Wildman–Crippen MR) is 87.8 cm³/mol. The Balaban J connectivity index is 1.36. The maximum atomic E-state index is 12.5. The molecule has 5 heteroatoms. The summed E-state index contributed by atoms with van der Waals surface area (Å²) >= 11 is 0. The number of nitrogens with zero attached hydrogens (tertiary/aromatic N) is 4. The van der Waals surface area contributed by atoms with Gasteiger partial charge in [0.05, 0.1) is 6.33 Å². The summed E-state index contributed by atoms with van der Waals surface area (Å²) in [5.41, 5.74) is 1.93. The number of aromatic nitrogens is 2. The van der Waals surface area contributed by atoms with Crippen LogP contribution in [-0.2, 0) is 13.6 Å². The second kappa shape index (κ2) is 5.81. The third-order valence-electron chi connectivity index (χ3n) is 5.02. The molecule has 1 aromatic heterocycles. The first kappa shape index (κ1) is 14.5. The van der Waals surface area contributed by atoms with E-state index in [9.17, 15) is 4.79 Å². The fraction of sp³-hybridized carbons (Fsp3) is 0.444. The van der Waals surface area contributed by atoms with Gasteiger partial charge >= 0.3 is 0 Å². The van der Waals surface area contributed by atoms with Crippen LogP contribution in [0, 0.1) is 11.8 Å². The third-order valence-corrected chi connectivity index (χ3v) is 5.02. The van der Waals surface area contributed by atoms with Gasteiger partial charge in [-0.15, -0.1) is 0 Å². The van der Waals surface area contributed by atoms with Gasteiger partial charge in [0.15, 0.2) is 0 Å². The highest BCUT2D eigenvalue weighted by Crippen LogP contribution is 2.32. The molecule has 1 aromatic carbocycles. The van der Waals surface area contributed by atoms with E-state index in [1.165, 1.54) is 5.56 Å². The number of carbonyl (C=O) groups excluding carboxylic acids is 1. The van der Waals surface area contributed by atoms with Crippen molar-refractivity contribution in [2.75, 3.05) is 26.2 Å². The molecular formula is C18H22N4O. The van der Waals surface area contributed by atoms with E-state index in [4.69, 9.17) is 0 Å². The first-order chi connectivity index (χ1) is 11.2. The van der Waals surface area contributed by atoms with Crippen molar-refractivity contribution in [2.45, 2.75) is 6.54 Å². The molecular weight excluding hydrogens is 288 g/mol. The fourth-order valence-corrected chi connectivity index (χ4v) is 3.91. The van der Waals surface area contributed by atoms with Crippen LogP contribution in [-0.4, -0.2) is 51.4 Å². The van der Waals surface area contributed by atoms with Crippen molar-refractivity contribution >= 4 is 5.91 Å². The Hall–Kier alpha value is -2.14. The number of hydrogen-bond donors (Lipinski definition) is 0. The lowest BCUT2D eigenvalue weighted by atomic mass is 10.0. The molecule has 2 aliphatic heterocycles. The van der Waals surface area contributed by atoms with Gasteiger partial charge in [0.2, 0.25) is 0 Å². The number of likely N-dealkylation sites (tertiary alicyclic amines) is 2. The monoisotopic (exact) mass is 310 g/mol. The Kier molecular flexibility index (Phi) is 3.65. The molecule has 1 amide bonds. The SMILES string of the molecule is Cn1cnc(C(=O)N2CC3CN(Cc4ccccc4)CC3C2)c1. The number of amides is 1. The van der Waals surface area contributed by atoms with Gasteiger partial charge in [0.25, 0.3) is 5.91 Å². The summed E-state index contributed by atoms with van der Waals surface area (Å²) in [7, 11) is 1.89. The molecule has 0 N–H and O–H groups in total. The van der Waals surface area contributed by atoms with Crippen LogP contribution in [0.5, 0.6) is 0 Å². The summed E-state index contributed by atoms with van der Waals surface area (Å²) in [5, 5.41) is 0. The first-order valence-corrected chi connectivity index (χ1v) is 8.22. The number of benzene rings is 1. The van der Waals surface area contributed by atoms with E-state index in [2.05, 4.69) is 40.2 Å². The van der Waals surface area contributed by atoms with Crippen molar-refractivity contribution in [2.24, 2.45) is 18.9 Å². The summed E-state index contributed by atoms with van der Waals surface area (Å²) < 4.78 is 1.83. The number of aryl methyl sites for hydroxylation is 1. The van der Waals surface area contributed by atoms with Crippen LogP contribution in [0.1, 0.15) is 16.1 Å². The van der Waals surface area contributed by atoms with E-state index < -0.39 is 0 Å². The first-order valence-electron chi connectivity index (χ1n) is 8.22. The Bertz CT molecular complexity index is 682. The standard InChI is InChI=1S/C18H22N4O/c1-20-12-17(19-13-20)18(23)22-10-15-8-21(9-16(15)11-22)7-14-5-3-2-4-6-14/h2-6,12-13,15-16H,7-11H2,1H3. The van der Waals surface area contributed by atoms with Gasteiger partial charge in [-0.3, -0.25) is 9.69 Å². The van der Waals surface area contributed by atoms with E-state index in [0.717, 1.165) is 32.7 Å². The molecule has 4 rings (SSSR count). The topological polar surface area (TPSA) is 41.4 Å². The summed E-state index contributed by atoms with van der Waals surface area (Å²) in [4.78, 5) is 21.2. The van der Waals surface area contributed by atoms with Crippen LogP contribution < -0.4 is 0 Å². The molecule has 2 fully saturated rings. The van der Waals surface area contributed by atoms with Crippen molar-refractivity contribution in [3.8, 4) is 0 Å². The molecule has 23 heavy (non-hydrogen) atoms. The van der Waals surface area contributed by atoms with Crippen LogP contribution in [0.25, 0.3) is 0 Å². The molecule has 2 aromatic rings. The Labute approximate surface area is 136 Å². The number of imidazole rings is 1. The number of fused-ring (bicyclic) bond motifs is 1. The minimum absolute atomic E-state index is 0.0783. The lowest BCUT2D eigenvalue weighted by Gasteiger charge is -2.21. The number of carbonyl (C=O) groups is 1. The third kappa shape index (κ3) is 2.88. The van der Waals surface area contributed by atoms with Crippen molar-refractivity contribution in [3.63, 3.8) is 0 Å². The lowest BCUT2D eigenvalue weighted by molar-refractivity contribution is 0.0768. The van der Waals surface area contributed by atoms with E-state index in [-0.39, 0.29) is 5.91 Å². The molecule has 0 bridgehead atoms. The van der Waals surface area contributed by atoms with Gasteiger partial charge in [0, 0.05) is 46.0 Å². The van der Waals surface area contributed by atoms with Crippen LogP contribution in [0.4, 0.5) is 0 Å². The van der Waals surface area contributed by atoms with Crippen LogP contribution >= 0.6 is 0 Å². The van der Waals surface area contributed by atoms with Gasteiger partial charge in [-0.2, -0.15) is 0 Å². The van der Waals surface area contributed by atoms with E-state index in [0.29, 0.717) is 17.5 Å². The Morgan fingerprint density at radius 1 is 1.13 bits per heavy atom. The zero-order valence-corrected chi connectivity index (χ0v) is 13.4. The zero-order valence-electron chi connectivity index (χ0n) is 13.4. The largest absolute Gasteiger partial charge is 0.340 e. The molecule has 2 atom stereocenters. The highest BCUT2D eigenvalue weighted by molar-refractivity contribution is 5.92. The average Bonchev–Trinajstić information content (AvgIpc) is 3.22. The van der Waals surface area contributed by atoms with E-state index >= 15 is 0 Å². The lowest BCUT2D eigenvalue weighted by Crippen LogP contribution is -2.33. The molecule has 2 aliphatic rings. The minimum atomic E-state index is 0.0783. The number of rotatable bonds is 3. The van der Waals surface area contributed by atoms with Gasteiger partial charge in [-0.1, -0.05) is 30.3 Å². The van der Waals surface area contributed by atoms with Crippen molar-refractivity contribution < 1.29 is 4.79 Å². The van der Waals surface area contributed by atoms with Crippen LogP contribution in [0.3, 0.4) is 0 Å². The van der Waals surface area contributed by atoms with E-state index in [1.807, 2.05) is 16.5 Å². The summed E-state index contributed by atoms with van der Waals surface area (Å²) in [6.45, 7) is 4.93. The molecule has 2 saturated heterocycles. The molecule has 120 valence electrons. The molecule has 0 saturated carbocycles. The molecule has 5 nitrogen and oxygen atoms in total. The zero-order chi connectivity index (χ0) is 15.8. The molecule has 3 heterocycles. The summed E-state index contributed by atoms with van der Waals surface area (Å²) in [5.74, 6) is 1.28. The quantitative estimate of drug-likeness (QED) is 0.865. The smallest absolute Gasteiger partial charge is 0.274 e. The average molecular weight is 310 g/mol. The normalized spacial score (nSPS) is 24.1. The molecule has 0 spiro atoms. The summed E-state index contributed by atoms with van der Waals surface area (Å²) in [6, 6.07) is 10.6. The fourth-order valence-electron chi connectivity index (χ4n) is 3.91. The second-order valence-corrected chi connectivity index (χ2v) is 6.83. The maximum absolute atomic E-state index is 12.5. The van der Waals surface area contributed by atoms with Gasteiger partial charge < -0.3 is 9.47 Å². The van der Waals surface area contributed by atoms with Crippen LogP contribution in [0.15, 0.2) is 42.9 Å². The number of hydrogen-bond acceptors (Lipinski definition) is 3. The van der Waals surface area contributed by atoms with Gasteiger partial charge in [-0.05, 0) is 17.4 Å². The molecule has 0 radical (unpaired) electrons. The second-order valence-electron chi connectivity index (χ2n) is 6.83. The van der Waals surface area contributed by atoms with Crippen molar-refractivity contribution in [1.29, 1.82) is 0 Å². The Morgan fingerprint density at radius 2 is 1.83 bits per heavy atom. The van der Waals surface area contributed by atoms with Gasteiger partial charge in [0.1, 0.15) is 5.69 Å². The highest BCUT2D eigenvalue weighted by atomic mass is 16.2. The summed E-state index contributed by atoms with van der Waals surface area (Å²) in [6.07, 6.45) is 3.49. The minimum Gasteiger partial charge on any atom is -0.340 e. The van der Waals surface area contributed by atoms with Crippen molar-refractivity contribution in [1.82, 2.24) is 19.4 Å². The maximum Gasteiger partial charge on any atom is 0.274 e. The van der Waals surface area contributed by atoms with Gasteiger partial charge in [-0.25, -0.2) is 4.98 Å². The Morgan fingerprint density at radius 3 is 2.43 bits per heavy atom. The van der Waals surface area contributed by atoms with Crippen LogP contribution in [0.2, 0.25) is 0 Å². The predicted octanol–water partition coefficient (Wildman–Crippen LogP) is 1.62. The molecule has 2 unspecified atom stereocenters. The molecule has 0 aliphatic carbocycles.